The topological polar surface area (TPSA) is 29.1 Å². The summed E-state index contributed by atoms with van der Waals surface area (Å²) in [6, 6.07) is 10.7. The number of carbonyl (C=O) groups is 1. The van der Waals surface area contributed by atoms with Crippen LogP contribution in [0.2, 0.25) is 10.0 Å². The van der Waals surface area contributed by atoms with Crippen molar-refractivity contribution < 1.29 is 4.79 Å². The van der Waals surface area contributed by atoms with Gasteiger partial charge in [-0.1, -0.05) is 29.3 Å². The van der Waals surface area contributed by atoms with Gasteiger partial charge in [-0.05, 0) is 42.8 Å². The van der Waals surface area contributed by atoms with Crippen LogP contribution in [-0.2, 0) is 0 Å². The van der Waals surface area contributed by atoms with E-state index in [1.54, 1.807) is 18.2 Å². The summed E-state index contributed by atoms with van der Waals surface area (Å²) in [4.78, 5) is 11.0. The Kier molecular flexibility index (Phi) is 3.90. The van der Waals surface area contributed by atoms with Gasteiger partial charge in [0.1, 0.15) is 0 Å². The Morgan fingerprint density at radius 3 is 2.39 bits per heavy atom. The minimum Gasteiger partial charge on any atom is -0.355 e. The van der Waals surface area contributed by atoms with E-state index in [0.717, 1.165) is 17.5 Å². The predicted molar refractivity (Wildman–Crippen MR) is 76.3 cm³/mol. The van der Waals surface area contributed by atoms with Crippen LogP contribution in [0.1, 0.15) is 15.9 Å². The third-order valence-electron chi connectivity index (χ3n) is 2.61. The van der Waals surface area contributed by atoms with Crippen LogP contribution in [0.25, 0.3) is 0 Å². The summed E-state index contributed by atoms with van der Waals surface area (Å²) >= 11 is 11.8. The Bertz CT molecular complexity index is 596. The molecule has 0 heterocycles. The lowest BCUT2D eigenvalue weighted by molar-refractivity contribution is 0.112. The first-order chi connectivity index (χ1) is 8.60. The van der Waals surface area contributed by atoms with E-state index in [0.29, 0.717) is 21.3 Å². The van der Waals surface area contributed by atoms with E-state index < -0.39 is 0 Å². The van der Waals surface area contributed by atoms with Crippen LogP contribution in [0.3, 0.4) is 0 Å². The molecule has 4 heteroatoms. The lowest BCUT2D eigenvalue weighted by Gasteiger charge is -2.12. The molecule has 2 rings (SSSR count). The fourth-order valence-electron chi connectivity index (χ4n) is 1.62. The number of halogens is 2. The Balaban J connectivity index is 2.39. The fourth-order valence-corrected chi connectivity index (χ4v) is 1.97. The van der Waals surface area contributed by atoms with Gasteiger partial charge in [0, 0.05) is 27.0 Å². The largest absolute Gasteiger partial charge is 0.355 e. The third-order valence-corrected chi connectivity index (χ3v) is 3.08. The molecule has 0 radical (unpaired) electrons. The van der Waals surface area contributed by atoms with Crippen molar-refractivity contribution in [3.8, 4) is 0 Å². The van der Waals surface area contributed by atoms with Crippen molar-refractivity contribution in [1.29, 1.82) is 0 Å². The zero-order valence-corrected chi connectivity index (χ0v) is 11.2. The summed E-state index contributed by atoms with van der Waals surface area (Å²) in [6.45, 7) is 1.97. The quantitative estimate of drug-likeness (QED) is 0.813. The van der Waals surface area contributed by atoms with E-state index in [-0.39, 0.29) is 0 Å². The molecular weight excluding hydrogens is 269 g/mol. The highest BCUT2D eigenvalue weighted by Crippen LogP contribution is 2.27. The van der Waals surface area contributed by atoms with Gasteiger partial charge in [0.15, 0.2) is 6.29 Å². The number of nitrogens with one attached hydrogen (secondary N) is 1. The molecule has 0 fully saturated rings. The highest BCUT2D eigenvalue weighted by atomic mass is 35.5. The number of rotatable bonds is 3. The summed E-state index contributed by atoms with van der Waals surface area (Å²) in [5, 5.41) is 4.36. The maximum Gasteiger partial charge on any atom is 0.152 e. The first-order valence-electron chi connectivity index (χ1n) is 5.38. The zero-order valence-electron chi connectivity index (χ0n) is 9.71. The maximum absolute atomic E-state index is 11.0. The molecule has 0 spiro atoms. The molecule has 2 aromatic rings. The second-order valence-electron chi connectivity index (χ2n) is 3.93. The molecule has 0 bridgehead atoms. The second-order valence-corrected chi connectivity index (χ2v) is 4.81. The minimum absolute atomic E-state index is 0.516. The molecule has 0 aliphatic rings. The lowest BCUT2D eigenvalue weighted by Crippen LogP contribution is -1.97. The highest BCUT2D eigenvalue weighted by molar-refractivity contribution is 6.31. The molecule has 0 atom stereocenters. The lowest BCUT2D eigenvalue weighted by atomic mass is 10.1. The van der Waals surface area contributed by atoms with Gasteiger partial charge in [0.2, 0.25) is 0 Å². The zero-order chi connectivity index (χ0) is 13.1. The third kappa shape index (κ3) is 2.84. The van der Waals surface area contributed by atoms with E-state index >= 15 is 0 Å². The monoisotopic (exact) mass is 279 g/mol. The summed E-state index contributed by atoms with van der Waals surface area (Å²) in [6.07, 6.45) is 0.772. The van der Waals surface area contributed by atoms with Gasteiger partial charge in [-0.2, -0.15) is 0 Å². The summed E-state index contributed by atoms with van der Waals surface area (Å²) in [7, 11) is 0. The molecule has 0 aromatic heterocycles. The van der Waals surface area contributed by atoms with E-state index in [4.69, 9.17) is 23.2 Å². The molecule has 0 unspecified atom stereocenters. The van der Waals surface area contributed by atoms with Crippen molar-refractivity contribution in [2.75, 3.05) is 5.32 Å². The molecule has 0 amide bonds. The first kappa shape index (κ1) is 12.9. The van der Waals surface area contributed by atoms with E-state index in [2.05, 4.69) is 5.32 Å². The number of aryl methyl sites for hydroxylation is 1. The molecule has 18 heavy (non-hydrogen) atoms. The van der Waals surface area contributed by atoms with Crippen LogP contribution in [0, 0.1) is 6.92 Å². The number of hydrogen-bond acceptors (Lipinski definition) is 2. The molecule has 1 N–H and O–H groups in total. The first-order valence-corrected chi connectivity index (χ1v) is 6.13. The van der Waals surface area contributed by atoms with Gasteiger partial charge in [-0.3, -0.25) is 4.79 Å². The Hall–Kier alpha value is -1.51. The van der Waals surface area contributed by atoms with Gasteiger partial charge in [0.25, 0.3) is 0 Å². The average Bonchev–Trinajstić information content (AvgIpc) is 2.36. The van der Waals surface area contributed by atoms with Gasteiger partial charge in [0.05, 0.1) is 0 Å². The Labute approximate surface area is 116 Å². The maximum atomic E-state index is 11.0. The summed E-state index contributed by atoms with van der Waals surface area (Å²) in [5.74, 6) is 0. The Morgan fingerprint density at radius 1 is 1.00 bits per heavy atom. The molecule has 2 aromatic carbocycles. The SMILES string of the molecule is Cc1ccc(Cl)cc1Nc1ccc(Cl)cc1C=O. The van der Waals surface area contributed by atoms with Crippen LogP contribution >= 0.6 is 23.2 Å². The van der Waals surface area contributed by atoms with Crippen molar-refractivity contribution in [2.24, 2.45) is 0 Å². The number of hydrogen-bond donors (Lipinski definition) is 1. The van der Waals surface area contributed by atoms with E-state index in [1.165, 1.54) is 0 Å². The number of anilines is 2. The predicted octanol–water partition coefficient (Wildman–Crippen LogP) is 4.86. The van der Waals surface area contributed by atoms with Crippen molar-refractivity contribution in [1.82, 2.24) is 0 Å². The van der Waals surface area contributed by atoms with Crippen LogP contribution in [0.15, 0.2) is 36.4 Å². The summed E-state index contributed by atoms with van der Waals surface area (Å²) < 4.78 is 0. The number of carbonyl (C=O) groups excluding carboxylic acids is 1. The molecule has 0 aliphatic carbocycles. The van der Waals surface area contributed by atoms with Gasteiger partial charge >= 0.3 is 0 Å². The molecular formula is C14H11Cl2NO. The Morgan fingerprint density at radius 2 is 1.67 bits per heavy atom. The van der Waals surface area contributed by atoms with Crippen LogP contribution in [0.5, 0.6) is 0 Å². The van der Waals surface area contributed by atoms with E-state index in [1.807, 2.05) is 25.1 Å². The number of benzene rings is 2. The van der Waals surface area contributed by atoms with Crippen molar-refractivity contribution in [3.05, 3.63) is 57.6 Å². The molecule has 2 nitrogen and oxygen atoms in total. The van der Waals surface area contributed by atoms with Crippen molar-refractivity contribution in [3.63, 3.8) is 0 Å². The van der Waals surface area contributed by atoms with Gasteiger partial charge in [-0.15, -0.1) is 0 Å². The van der Waals surface area contributed by atoms with Crippen LogP contribution in [0.4, 0.5) is 11.4 Å². The summed E-state index contributed by atoms with van der Waals surface area (Å²) in [5.41, 5.74) is 3.14. The molecule has 92 valence electrons. The van der Waals surface area contributed by atoms with E-state index in [9.17, 15) is 4.79 Å². The van der Waals surface area contributed by atoms with Crippen LogP contribution < -0.4 is 5.32 Å². The van der Waals surface area contributed by atoms with Gasteiger partial charge in [-0.25, -0.2) is 0 Å². The van der Waals surface area contributed by atoms with Crippen LogP contribution in [-0.4, -0.2) is 6.29 Å². The van der Waals surface area contributed by atoms with Crippen molar-refractivity contribution >= 4 is 40.9 Å². The fraction of sp³-hybridized carbons (Fsp3) is 0.0714. The molecule has 0 aliphatic heterocycles. The van der Waals surface area contributed by atoms with Crippen molar-refractivity contribution in [2.45, 2.75) is 6.92 Å². The molecule has 0 saturated carbocycles. The highest BCUT2D eigenvalue weighted by Gasteiger charge is 2.05. The average molecular weight is 280 g/mol. The number of aldehydes is 1. The standard InChI is InChI=1S/C14H11Cl2NO/c1-9-2-3-12(16)7-14(9)17-13-5-4-11(15)6-10(13)8-18/h2-8,17H,1H3. The second kappa shape index (κ2) is 5.42. The van der Waals surface area contributed by atoms with Gasteiger partial charge < -0.3 is 5.32 Å². The minimum atomic E-state index is 0.516. The normalized spacial score (nSPS) is 10.2. The molecule has 0 saturated heterocycles. The smallest absolute Gasteiger partial charge is 0.152 e.